The van der Waals surface area contributed by atoms with Gasteiger partial charge in [-0.05, 0) is 6.42 Å². The van der Waals surface area contributed by atoms with Crippen molar-refractivity contribution in [2.45, 2.75) is 32.6 Å². The van der Waals surface area contributed by atoms with Gasteiger partial charge in [0.2, 0.25) is 0 Å². The van der Waals surface area contributed by atoms with Gasteiger partial charge in [0.05, 0.1) is 7.05 Å². The van der Waals surface area contributed by atoms with Crippen LogP contribution in [-0.4, -0.2) is 13.0 Å². The molecule has 0 fully saturated rings. The highest BCUT2D eigenvalue weighted by Crippen LogP contribution is 1.99. The van der Waals surface area contributed by atoms with Crippen LogP contribution in [0, 0.1) is 0 Å². The molecule has 0 aromatic heterocycles. The van der Waals surface area contributed by atoms with Gasteiger partial charge in [0.15, 0.2) is 5.69 Å². The van der Waals surface area contributed by atoms with Crippen LogP contribution in [0.3, 0.4) is 0 Å². The standard InChI is InChI=1S/C13H20N2O/c1-3-4-6-11-13(16)14-15(2)12-9-7-5-8-10-12/h5,7-10H,3-4,6,11H2,1-2H3,(H,14,16)/p+1. The molecule has 1 rings (SSSR count). The second-order valence-electron chi connectivity index (χ2n) is 4.00. The van der Waals surface area contributed by atoms with Gasteiger partial charge in [-0.1, -0.05) is 38.0 Å². The van der Waals surface area contributed by atoms with Gasteiger partial charge in [-0.15, -0.1) is 0 Å². The van der Waals surface area contributed by atoms with Crippen molar-refractivity contribution in [3.63, 3.8) is 0 Å². The minimum atomic E-state index is 0.120. The molecule has 0 bridgehead atoms. The van der Waals surface area contributed by atoms with Gasteiger partial charge in [-0.25, -0.2) is 5.01 Å². The average molecular weight is 221 g/mol. The lowest BCUT2D eigenvalue weighted by atomic mass is 10.2. The summed E-state index contributed by atoms with van der Waals surface area (Å²) in [6, 6.07) is 9.92. The van der Waals surface area contributed by atoms with Gasteiger partial charge in [-0.2, -0.15) is 5.43 Å². The summed E-state index contributed by atoms with van der Waals surface area (Å²) in [6.45, 7) is 2.14. The highest BCUT2D eigenvalue weighted by molar-refractivity contribution is 5.74. The van der Waals surface area contributed by atoms with Gasteiger partial charge < -0.3 is 0 Å². The van der Waals surface area contributed by atoms with Crippen molar-refractivity contribution in [1.82, 2.24) is 5.43 Å². The zero-order valence-electron chi connectivity index (χ0n) is 10.1. The maximum atomic E-state index is 11.6. The number of hydrogen-bond donors (Lipinski definition) is 2. The molecule has 0 aliphatic carbocycles. The van der Waals surface area contributed by atoms with E-state index in [0.717, 1.165) is 30.0 Å². The normalized spacial score (nSPS) is 12.1. The van der Waals surface area contributed by atoms with E-state index < -0.39 is 0 Å². The summed E-state index contributed by atoms with van der Waals surface area (Å²) in [5.41, 5.74) is 4.01. The number of quaternary nitrogens is 1. The van der Waals surface area contributed by atoms with E-state index in [4.69, 9.17) is 0 Å². The summed E-state index contributed by atoms with van der Waals surface area (Å²) in [4.78, 5) is 11.6. The van der Waals surface area contributed by atoms with Crippen molar-refractivity contribution in [2.75, 3.05) is 7.05 Å². The van der Waals surface area contributed by atoms with E-state index in [1.54, 1.807) is 0 Å². The molecule has 0 aliphatic heterocycles. The number of unbranched alkanes of at least 4 members (excludes halogenated alkanes) is 2. The van der Waals surface area contributed by atoms with Crippen molar-refractivity contribution in [3.8, 4) is 0 Å². The van der Waals surface area contributed by atoms with Gasteiger partial charge >= 0.3 is 0 Å². The lowest BCUT2D eigenvalue weighted by Gasteiger charge is -2.13. The van der Waals surface area contributed by atoms with Crippen LogP contribution in [0.15, 0.2) is 30.3 Å². The molecule has 0 radical (unpaired) electrons. The zero-order chi connectivity index (χ0) is 11.8. The lowest BCUT2D eigenvalue weighted by Crippen LogP contribution is -3.12. The molecule has 3 heteroatoms. The number of hydrogen-bond acceptors (Lipinski definition) is 1. The van der Waals surface area contributed by atoms with Crippen LogP contribution in [0.2, 0.25) is 0 Å². The Kier molecular flexibility index (Phi) is 5.57. The third-order valence-electron chi connectivity index (χ3n) is 2.54. The van der Waals surface area contributed by atoms with Crippen LogP contribution >= 0.6 is 0 Å². The van der Waals surface area contributed by atoms with Crippen LogP contribution in [0.25, 0.3) is 0 Å². The van der Waals surface area contributed by atoms with Crippen LogP contribution < -0.4 is 10.4 Å². The maximum absolute atomic E-state index is 11.6. The van der Waals surface area contributed by atoms with Crippen molar-refractivity contribution < 1.29 is 9.80 Å². The van der Waals surface area contributed by atoms with Crippen LogP contribution in [0.4, 0.5) is 5.69 Å². The Hall–Kier alpha value is -1.35. The van der Waals surface area contributed by atoms with E-state index in [2.05, 4.69) is 12.3 Å². The van der Waals surface area contributed by atoms with Crippen molar-refractivity contribution in [1.29, 1.82) is 0 Å². The van der Waals surface area contributed by atoms with Gasteiger partial charge in [-0.3, -0.25) is 4.79 Å². The predicted molar refractivity (Wildman–Crippen MR) is 65.3 cm³/mol. The minimum Gasteiger partial charge on any atom is -0.270 e. The van der Waals surface area contributed by atoms with Crippen LogP contribution in [0.1, 0.15) is 32.6 Å². The van der Waals surface area contributed by atoms with E-state index in [-0.39, 0.29) is 5.91 Å². The predicted octanol–water partition coefficient (Wildman–Crippen LogP) is 1.44. The molecule has 1 unspecified atom stereocenters. The van der Waals surface area contributed by atoms with E-state index in [0.29, 0.717) is 6.42 Å². The number of carbonyl (C=O) groups is 1. The van der Waals surface area contributed by atoms with E-state index in [1.165, 1.54) is 0 Å². The summed E-state index contributed by atoms with van der Waals surface area (Å²) in [5.74, 6) is 0.120. The fourth-order valence-electron chi connectivity index (χ4n) is 1.57. The first kappa shape index (κ1) is 12.7. The molecule has 0 saturated carbocycles. The Bertz CT molecular complexity index is 311. The fraction of sp³-hybridized carbons (Fsp3) is 0.462. The summed E-state index contributed by atoms with van der Waals surface area (Å²) in [5, 5.41) is 0.932. The van der Waals surface area contributed by atoms with Gasteiger partial charge in [0.25, 0.3) is 5.91 Å². The molecule has 16 heavy (non-hydrogen) atoms. The molecule has 88 valence electrons. The third-order valence-corrected chi connectivity index (χ3v) is 2.54. The number of para-hydroxylation sites is 1. The molecule has 1 atom stereocenters. The zero-order valence-corrected chi connectivity index (χ0v) is 10.1. The molecule has 3 nitrogen and oxygen atoms in total. The van der Waals surface area contributed by atoms with E-state index in [9.17, 15) is 4.79 Å². The Balaban J connectivity index is 2.34. The molecule has 1 amide bonds. The molecular formula is C13H21N2O+. The Morgan fingerprint density at radius 3 is 2.56 bits per heavy atom. The van der Waals surface area contributed by atoms with Crippen LogP contribution in [-0.2, 0) is 4.79 Å². The second kappa shape index (κ2) is 7.01. The van der Waals surface area contributed by atoms with Crippen LogP contribution in [0.5, 0.6) is 0 Å². The molecule has 0 saturated heterocycles. The molecule has 1 aromatic carbocycles. The minimum absolute atomic E-state index is 0.120. The molecule has 1 aromatic rings. The van der Waals surface area contributed by atoms with Crippen molar-refractivity contribution in [2.24, 2.45) is 0 Å². The second-order valence-corrected chi connectivity index (χ2v) is 4.00. The quantitative estimate of drug-likeness (QED) is 0.553. The molecule has 2 N–H and O–H groups in total. The first-order valence-corrected chi connectivity index (χ1v) is 5.93. The Morgan fingerprint density at radius 2 is 1.94 bits per heavy atom. The van der Waals surface area contributed by atoms with E-state index >= 15 is 0 Å². The molecular weight excluding hydrogens is 200 g/mol. The smallest absolute Gasteiger partial charge is 0.265 e. The third kappa shape index (κ3) is 4.45. The first-order chi connectivity index (χ1) is 7.74. The largest absolute Gasteiger partial charge is 0.270 e. The number of rotatable bonds is 6. The average Bonchev–Trinajstić information content (AvgIpc) is 2.30. The number of amides is 1. The summed E-state index contributed by atoms with van der Waals surface area (Å²) >= 11 is 0. The monoisotopic (exact) mass is 221 g/mol. The highest BCUT2D eigenvalue weighted by Gasteiger charge is 2.09. The van der Waals surface area contributed by atoms with Crippen molar-refractivity contribution >= 4 is 11.6 Å². The maximum Gasteiger partial charge on any atom is 0.265 e. The Labute approximate surface area is 97.4 Å². The SMILES string of the molecule is CCCCCC(=O)N[NH+](C)c1ccccc1. The molecule has 0 spiro atoms. The number of carbonyl (C=O) groups excluding carboxylic acids is 1. The number of nitrogens with one attached hydrogen (secondary N) is 2. The Morgan fingerprint density at radius 1 is 1.25 bits per heavy atom. The van der Waals surface area contributed by atoms with Gasteiger partial charge in [0.1, 0.15) is 0 Å². The van der Waals surface area contributed by atoms with Crippen molar-refractivity contribution in [3.05, 3.63) is 30.3 Å². The summed E-state index contributed by atoms with van der Waals surface area (Å²) in [7, 11) is 1.94. The van der Waals surface area contributed by atoms with E-state index in [1.807, 2.05) is 37.4 Å². The summed E-state index contributed by atoms with van der Waals surface area (Å²) in [6.07, 6.45) is 3.87. The molecule has 0 heterocycles. The topological polar surface area (TPSA) is 33.5 Å². The van der Waals surface area contributed by atoms with Gasteiger partial charge in [0, 0.05) is 18.6 Å². The number of benzene rings is 1. The summed E-state index contributed by atoms with van der Waals surface area (Å²) < 4.78 is 0. The fourth-order valence-corrected chi connectivity index (χ4v) is 1.57. The molecule has 0 aliphatic rings. The highest BCUT2D eigenvalue weighted by atomic mass is 16.2. The first-order valence-electron chi connectivity index (χ1n) is 5.93. The lowest BCUT2D eigenvalue weighted by molar-refractivity contribution is -0.850.